The van der Waals surface area contributed by atoms with E-state index >= 15 is 0 Å². The maximum atomic E-state index is 9.73. The van der Waals surface area contributed by atoms with Crippen molar-refractivity contribution in [3.63, 3.8) is 0 Å². The highest BCUT2D eigenvalue weighted by atomic mass is 16.5. The highest BCUT2D eigenvalue weighted by Crippen LogP contribution is 2.33. The summed E-state index contributed by atoms with van der Waals surface area (Å²) >= 11 is 0. The molecule has 0 amide bonds. The molecule has 1 aliphatic rings. The zero-order valence-electron chi connectivity index (χ0n) is 12.3. The van der Waals surface area contributed by atoms with Gasteiger partial charge < -0.3 is 20.5 Å². The van der Waals surface area contributed by atoms with Crippen LogP contribution in [0.3, 0.4) is 0 Å². The van der Waals surface area contributed by atoms with E-state index in [1.807, 2.05) is 0 Å². The van der Waals surface area contributed by atoms with Crippen LogP contribution in [0.5, 0.6) is 0 Å². The molecule has 108 valence electrons. The predicted molar refractivity (Wildman–Crippen MR) is 74.4 cm³/mol. The molecule has 0 saturated heterocycles. The zero-order chi connectivity index (χ0) is 13.7. The summed E-state index contributed by atoms with van der Waals surface area (Å²) in [6.45, 7) is 6.61. The van der Waals surface area contributed by atoms with Crippen LogP contribution < -0.4 is 5.73 Å². The van der Waals surface area contributed by atoms with Crippen molar-refractivity contribution in [2.45, 2.75) is 38.8 Å². The Kier molecular flexibility index (Phi) is 6.57. The van der Waals surface area contributed by atoms with Gasteiger partial charge in [0.1, 0.15) is 0 Å². The fraction of sp³-hybridized carbons (Fsp3) is 1.00. The molecule has 18 heavy (non-hydrogen) atoms. The first-order valence-corrected chi connectivity index (χ1v) is 7.05. The highest BCUT2D eigenvalue weighted by molar-refractivity contribution is 4.87. The molecule has 5 unspecified atom stereocenters. The second-order valence-corrected chi connectivity index (χ2v) is 6.21. The van der Waals surface area contributed by atoms with Crippen LogP contribution in [0.1, 0.15) is 26.7 Å². The molecule has 0 radical (unpaired) electrons. The minimum absolute atomic E-state index is 0.297. The average Bonchev–Trinajstić information content (AvgIpc) is 2.23. The molecular formula is C14H30N2O2. The summed E-state index contributed by atoms with van der Waals surface area (Å²) in [4.78, 5) is 2.18. The Morgan fingerprint density at radius 1 is 1.39 bits per heavy atom. The van der Waals surface area contributed by atoms with Gasteiger partial charge in [0.05, 0.1) is 12.7 Å². The van der Waals surface area contributed by atoms with E-state index in [1.165, 1.54) is 6.42 Å². The fourth-order valence-corrected chi connectivity index (χ4v) is 3.32. The van der Waals surface area contributed by atoms with Gasteiger partial charge in [-0.05, 0) is 37.6 Å². The van der Waals surface area contributed by atoms with Crippen molar-refractivity contribution in [2.24, 2.45) is 23.5 Å². The largest absolute Gasteiger partial charge is 0.389 e. The monoisotopic (exact) mass is 258 g/mol. The number of nitrogens with two attached hydrogens (primary N) is 1. The summed E-state index contributed by atoms with van der Waals surface area (Å²) in [5.41, 5.74) is 6.28. The van der Waals surface area contributed by atoms with Crippen molar-refractivity contribution in [3.8, 4) is 0 Å². The quantitative estimate of drug-likeness (QED) is 0.744. The molecular weight excluding hydrogens is 228 g/mol. The Morgan fingerprint density at radius 3 is 2.61 bits per heavy atom. The molecule has 0 bridgehead atoms. The molecule has 1 fully saturated rings. The van der Waals surface area contributed by atoms with E-state index in [-0.39, 0.29) is 0 Å². The molecule has 3 N–H and O–H groups in total. The van der Waals surface area contributed by atoms with Gasteiger partial charge in [-0.2, -0.15) is 0 Å². The van der Waals surface area contributed by atoms with Gasteiger partial charge >= 0.3 is 0 Å². The molecule has 0 aromatic carbocycles. The van der Waals surface area contributed by atoms with E-state index in [0.29, 0.717) is 31.0 Å². The SMILES string of the molecule is COCC(O)CN(C)CC1C(C)CC(C)CC1N. The van der Waals surface area contributed by atoms with Crippen molar-refractivity contribution < 1.29 is 9.84 Å². The Balaban J connectivity index is 2.40. The Labute approximate surface area is 111 Å². The number of likely N-dealkylation sites (N-methyl/N-ethyl adjacent to an activating group) is 1. The second kappa shape index (κ2) is 7.43. The summed E-state index contributed by atoms with van der Waals surface area (Å²) in [6.07, 6.45) is 1.99. The molecule has 1 aliphatic carbocycles. The minimum Gasteiger partial charge on any atom is -0.389 e. The predicted octanol–water partition coefficient (Wildman–Crippen LogP) is 0.935. The smallest absolute Gasteiger partial charge is 0.0899 e. The Hall–Kier alpha value is -0.160. The van der Waals surface area contributed by atoms with E-state index in [4.69, 9.17) is 10.5 Å². The number of rotatable bonds is 6. The van der Waals surface area contributed by atoms with E-state index in [0.717, 1.165) is 18.9 Å². The third-order valence-corrected chi connectivity index (χ3v) is 4.13. The maximum absolute atomic E-state index is 9.73. The van der Waals surface area contributed by atoms with Gasteiger partial charge in [-0.3, -0.25) is 0 Å². The summed E-state index contributed by atoms with van der Waals surface area (Å²) in [5, 5.41) is 9.73. The number of nitrogens with zero attached hydrogens (tertiary/aromatic N) is 1. The van der Waals surface area contributed by atoms with Crippen LogP contribution in [-0.2, 0) is 4.74 Å². The zero-order valence-corrected chi connectivity index (χ0v) is 12.3. The summed E-state index contributed by atoms with van der Waals surface area (Å²) in [7, 11) is 3.67. The lowest BCUT2D eigenvalue weighted by Crippen LogP contribution is -2.47. The summed E-state index contributed by atoms with van der Waals surface area (Å²) in [5.74, 6) is 1.96. The fourth-order valence-electron chi connectivity index (χ4n) is 3.32. The number of hydrogen-bond acceptors (Lipinski definition) is 4. The van der Waals surface area contributed by atoms with Crippen LogP contribution in [0, 0.1) is 17.8 Å². The molecule has 4 nitrogen and oxygen atoms in total. The molecule has 0 spiro atoms. The van der Waals surface area contributed by atoms with Crippen molar-refractivity contribution >= 4 is 0 Å². The topological polar surface area (TPSA) is 58.7 Å². The lowest BCUT2D eigenvalue weighted by Gasteiger charge is -2.40. The lowest BCUT2D eigenvalue weighted by atomic mass is 9.72. The van der Waals surface area contributed by atoms with Gasteiger partial charge in [0.2, 0.25) is 0 Å². The Morgan fingerprint density at radius 2 is 2.06 bits per heavy atom. The third kappa shape index (κ3) is 4.84. The second-order valence-electron chi connectivity index (χ2n) is 6.21. The van der Waals surface area contributed by atoms with E-state index in [9.17, 15) is 5.11 Å². The standard InChI is InChI=1S/C14H30N2O2/c1-10-5-11(2)13(14(15)6-10)8-16(3)7-12(17)9-18-4/h10-14,17H,5-9,15H2,1-4H3. The molecule has 1 rings (SSSR count). The molecule has 0 heterocycles. The van der Waals surface area contributed by atoms with Gasteiger partial charge in [0.25, 0.3) is 0 Å². The molecule has 0 aromatic rings. The maximum Gasteiger partial charge on any atom is 0.0899 e. The van der Waals surface area contributed by atoms with Crippen LogP contribution in [-0.4, -0.2) is 56.0 Å². The van der Waals surface area contributed by atoms with Crippen LogP contribution in [0.4, 0.5) is 0 Å². The van der Waals surface area contributed by atoms with Crippen molar-refractivity contribution in [1.29, 1.82) is 0 Å². The minimum atomic E-state index is -0.408. The van der Waals surface area contributed by atoms with Crippen LogP contribution in [0.15, 0.2) is 0 Å². The van der Waals surface area contributed by atoms with Gasteiger partial charge in [-0.1, -0.05) is 13.8 Å². The first kappa shape index (κ1) is 15.9. The van der Waals surface area contributed by atoms with E-state index in [1.54, 1.807) is 7.11 Å². The number of ether oxygens (including phenoxy) is 1. The normalized spacial score (nSPS) is 34.8. The number of hydrogen-bond donors (Lipinski definition) is 2. The number of methoxy groups -OCH3 is 1. The molecule has 0 aromatic heterocycles. The molecule has 1 saturated carbocycles. The number of aliphatic hydroxyl groups is 1. The van der Waals surface area contributed by atoms with Crippen LogP contribution in [0.2, 0.25) is 0 Å². The van der Waals surface area contributed by atoms with Gasteiger partial charge in [0.15, 0.2) is 0 Å². The number of aliphatic hydroxyl groups excluding tert-OH is 1. The van der Waals surface area contributed by atoms with Gasteiger partial charge in [0, 0.05) is 26.2 Å². The summed E-state index contributed by atoms with van der Waals surface area (Å²) < 4.78 is 4.95. The van der Waals surface area contributed by atoms with Crippen molar-refractivity contribution in [3.05, 3.63) is 0 Å². The van der Waals surface area contributed by atoms with E-state index in [2.05, 4.69) is 25.8 Å². The molecule has 4 heteroatoms. The van der Waals surface area contributed by atoms with Gasteiger partial charge in [-0.15, -0.1) is 0 Å². The Bertz CT molecular complexity index is 226. The first-order chi connectivity index (χ1) is 8.43. The third-order valence-electron chi connectivity index (χ3n) is 4.13. The van der Waals surface area contributed by atoms with Crippen molar-refractivity contribution in [2.75, 3.05) is 33.9 Å². The molecule has 5 atom stereocenters. The summed E-state index contributed by atoms with van der Waals surface area (Å²) in [6, 6.07) is 0.297. The lowest BCUT2D eigenvalue weighted by molar-refractivity contribution is 0.0332. The highest BCUT2D eigenvalue weighted by Gasteiger charge is 2.32. The van der Waals surface area contributed by atoms with Crippen LogP contribution >= 0.6 is 0 Å². The van der Waals surface area contributed by atoms with Crippen LogP contribution in [0.25, 0.3) is 0 Å². The first-order valence-electron chi connectivity index (χ1n) is 7.05. The average molecular weight is 258 g/mol. The van der Waals surface area contributed by atoms with Crippen molar-refractivity contribution in [1.82, 2.24) is 4.90 Å². The van der Waals surface area contributed by atoms with Gasteiger partial charge in [-0.25, -0.2) is 0 Å². The molecule has 0 aliphatic heterocycles. The van der Waals surface area contributed by atoms with E-state index < -0.39 is 6.10 Å².